The highest BCUT2D eigenvalue weighted by molar-refractivity contribution is 6.01. The van der Waals surface area contributed by atoms with E-state index >= 15 is 0 Å². The molecule has 0 aliphatic rings. The summed E-state index contributed by atoms with van der Waals surface area (Å²) < 4.78 is 5.21. The summed E-state index contributed by atoms with van der Waals surface area (Å²) >= 11 is 0. The number of carbonyl (C=O) groups is 2. The van der Waals surface area contributed by atoms with Crippen LogP contribution in [0.4, 0.5) is 17.1 Å². The largest absolute Gasteiger partial charge is 0.494 e. The Hall–Kier alpha value is -3.69. The van der Waals surface area contributed by atoms with E-state index in [-0.39, 0.29) is 29.5 Å². The van der Waals surface area contributed by atoms with E-state index in [2.05, 4.69) is 47.8 Å². The van der Waals surface area contributed by atoms with Crippen molar-refractivity contribution in [2.24, 2.45) is 22.1 Å². The molecule has 0 bridgehead atoms. The van der Waals surface area contributed by atoms with Crippen LogP contribution in [0.3, 0.4) is 0 Å². The number of esters is 1. The number of hydrogen-bond donors (Lipinski definition) is 2. The number of amides is 1. The van der Waals surface area contributed by atoms with Crippen molar-refractivity contribution in [3.63, 3.8) is 0 Å². The Bertz CT molecular complexity index is 1300. The molecule has 2 rings (SSSR count). The molecule has 262 valence electrons. The fourth-order valence-electron chi connectivity index (χ4n) is 5.90. The van der Waals surface area contributed by atoms with Crippen LogP contribution in [0.15, 0.2) is 39.3 Å². The van der Waals surface area contributed by atoms with Crippen LogP contribution >= 0.6 is 0 Å². The lowest BCUT2D eigenvalue weighted by Gasteiger charge is -2.31. The van der Waals surface area contributed by atoms with E-state index in [4.69, 9.17) is 4.74 Å². The van der Waals surface area contributed by atoms with Crippen molar-refractivity contribution >= 4 is 28.9 Å². The van der Waals surface area contributed by atoms with E-state index in [0.29, 0.717) is 36.2 Å². The quantitative estimate of drug-likeness (QED) is 0.0963. The molecule has 10 heteroatoms. The number of pyridine rings is 1. The van der Waals surface area contributed by atoms with Gasteiger partial charge in [-0.15, -0.1) is 5.11 Å². The Morgan fingerprint density at radius 3 is 1.85 bits per heavy atom. The molecule has 2 unspecified atom stereocenters. The zero-order chi connectivity index (χ0) is 34.8. The molecule has 2 N–H and O–H groups in total. The van der Waals surface area contributed by atoms with Gasteiger partial charge >= 0.3 is 5.97 Å². The lowest BCUT2D eigenvalue weighted by molar-refractivity contribution is 0.0522. The van der Waals surface area contributed by atoms with Gasteiger partial charge in [-0.05, 0) is 68.7 Å². The molecular formula is C37H59N5O5. The Morgan fingerprint density at radius 2 is 1.38 bits per heavy atom. The van der Waals surface area contributed by atoms with Crippen molar-refractivity contribution < 1.29 is 19.4 Å². The number of nitrogens with one attached hydrogen (secondary N) is 1. The summed E-state index contributed by atoms with van der Waals surface area (Å²) in [7, 11) is 0. The van der Waals surface area contributed by atoms with Crippen molar-refractivity contribution in [1.82, 2.24) is 9.88 Å². The highest BCUT2D eigenvalue weighted by Gasteiger charge is 2.28. The smallest absolute Gasteiger partial charge is 0.345 e. The third-order valence-electron chi connectivity index (χ3n) is 8.64. The van der Waals surface area contributed by atoms with E-state index in [1.54, 1.807) is 31.2 Å². The zero-order valence-corrected chi connectivity index (χ0v) is 29.9. The van der Waals surface area contributed by atoms with Gasteiger partial charge in [0.2, 0.25) is 5.88 Å². The first kappa shape index (κ1) is 39.5. The Labute approximate surface area is 282 Å². The number of azo groups is 1. The van der Waals surface area contributed by atoms with Crippen LogP contribution in [0.25, 0.3) is 0 Å². The van der Waals surface area contributed by atoms with Crippen LogP contribution in [0.1, 0.15) is 133 Å². The minimum atomic E-state index is -0.752. The van der Waals surface area contributed by atoms with Gasteiger partial charge in [-0.25, -0.2) is 4.79 Å². The van der Waals surface area contributed by atoms with Gasteiger partial charge in [0.1, 0.15) is 5.56 Å². The summed E-state index contributed by atoms with van der Waals surface area (Å²) in [6.07, 6.45) is 10.4. The molecule has 0 fully saturated rings. The summed E-state index contributed by atoms with van der Waals surface area (Å²) in [4.78, 5) is 46.2. The SMILES string of the molecule is CCCCC(CC)CN(CC(CC)CCCC)C(=O)c1ccc(N=Nc2c(N(CCC)CCC)c(C(=O)OCC)c(O)[nH]c2=O)cc1. The Balaban J connectivity index is 2.47. The molecule has 1 heterocycles. The molecule has 0 saturated carbocycles. The minimum absolute atomic E-state index is 0.0181. The standard InChI is InChI=1S/C37H59N5O5/c1-8-15-17-27(12-5)25-42(26-28(13-6)18-16-9-2)36(45)29-19-21-30(22-20-29)39-40-32-33(41(23-10-3)24-11-4)31(37(46)47-14-7)34(43)38-35(32)44/h19-22,27-28H,8-18,23-26H2,1-7H3,(H2,38,43,44). The number of hydrogen-bond acceptors (Lipinski definition) is 8. The number of carbonyl (C=O) groups excluding carboxylic acids is 2. The second-order valence-electron chi connectivity index (χ2n) is 12.4. The van der Waals surface area contributed by atoms with Gasteiger partial charge in [0.25, 0.3) is 11.5 Å². The molecule has 1 amide bonds. The van der Waals surface area contributed by atoms with Crippen LogP contribution in [-0.4, -0.2) is 59.7 Å². The van der Waals surface area contributed by atoms with Gasteiger partial charge in [0.15, 0.2) is 5.69 Å². The van der Waals surface area contributed by atoms with E-state index in [0.717, 1.165) is 77.3 Å². The van der Waals surface area contributed by atoms with Crippen molar-refractivity contribution in [1.29, 1.82) is 0 Å². The molecule has 0 spiro atoms. The first-order chi connectivity index (χ1) is 22.7. The second-order valence-corrected chi connectivity index (χ2v) is 12.4. The maximum absolute atomic E-state index is 13.9. The van der Waals surface area contributed by atoms with Crippen molar-refractivity contribution in [2.45, 2.75) is 113 Å². The first-order valence-corrected chi connectivity index (χ1v) is 17.9. The third-order valence-corrected chi connectivity index (χ3v) is 8.64. The number of ether oxygens (including phenoxy) is 1. The lowest BCUT2D eigenvalue weighted by atomic mass is 9.95. The number of aromatic nitrogens is 1. The van der Waals surface area contributed by atoms with E-state index < -0.39 is 17.4 Å². The molecule has 0 aliphatic heterocycles. The Morgan fingerprint density at radius 1 is 0.830 bits per heavy atom. The molecular weight excluding hydrogens is 594 g/mol. The highest BCUT2D eigenvalue weighted by Crippen LogP contribution is 2.36. The summed E-state index contributed by atoms with van der Waals surface area (Å²) in [6.45, 7) is 17.2. The molecule has 0 aliphatic carbocycles. The summed E-state index contributed by atoms with van der Waals surface area (Å²) in [5.41, 5.74) is 0.333. The minimum Gasteiger partial charge on any atom is -0.494 e. The number of H-pyrrole nitrogens is 1. The predicted octanol–water partition coefficient (Wildman–Crippen LogP) is 9.17. The normalized spacial score (nSPS) is 12.7. The number of benzene rings is 1. The van der Waals surface area contributed by atoms with E-state index in [9.17, 15) is 19.5 Å². The van der Waals surface area contributed by atoms with Crippen LogP contribution in [-0.2, 0) is 4.74 Å². The average molecular weight is 654 g/mol. The van der Waals surface area contributed by atoms with Gasteiger partial charge in [0, 0.05) is 31.7 Å². The van der Waals surface area contributed by atoms with Crippen LogP contribution in [0, 0.1) is 11.8 Å². The predicted molar refractivity (Wildman–Crippen MR) is 191 cm³/mol. The fourth-order valence-corrected chi connectivity index (χ4v) is 5.90. The average Bonchev–Trinajstić information content (AvgIpc) is 3.06. The van der Waals surface area contributed by atoms with Gasteiger partial charge in [0.05, 0.1) is 18.0 Å². The summed E-state index contributed by atoms with van der Waals surface area (Å²) in [6, 6.07) is 6.95. The van der Waals surface area contributed by atoms with Gasteiger partial charge in [-0.3, -0.25) is 14.6 Å². The second kappa shape index (κ2) is 21.2. The van der Waals surface area contributed by atoms with Gasteiger partial charge in [-0.2, -0.15) is 5.11 Å². The first-order valence-electron chi connectivity index (χ1n) is 17.9. The number of anilines is 1. The molecule has 47 heavy (non-hydrogen) atoms. The van der Waals surface area contributed by atoms with Gasteiger partial charge < -0.3 is 19.6 Å². The highest BCUT2D eigenvalue weighted by atomic mass is 16.5. The lowest BCUT2D eigenvalue weighted by Crippen LogP contribution is -2.39. The molecule has 0 radical (unpaired) electrons. The molecule has 2 aromatic rings. The number of aromatic hydroxyl groups is 1. The zero-order valence-electron chi connectivity index (χ0n) is 29.9. The number of nitrogens with zero attached hydrogens (tertiary/aromatic N) is 4. The van der Waals surface area contributed by atoms with Crippen molar-refractivity contribution in [3.8, 4) is 5.88 Å². The summed E-state index contributed by atoms with van der Waals surface area (Å²) in [5.74, 6) is -0.366. The van der Waals surface area contributed by atoms with Crippen molar-refractivity contribution in [3.05, 3.63) is 45.7 Å². The molecule has 1 aromatic carbocycles. The van der Waals surface area contributed by atoms with Gasteiger partial charge in [-0.1, -0.05) is 80.1 Å². The molecule has 0 saturated heterocycles. The molecule has 2 atom stereocenters. The maximum atomic E-state index is 13.9. The van der Waals surface area contributed by atoms with Crippen LogP contribution in [0.5, 0.6) is 5.88 Å². The van der Waals surface area contributed by atoms with E-state index in [1.165, 1.54) is 0 Å². The fraction of sp³-hybridized carbons (Fsp3) is 0.649. The van der Waals surface area contributed by atoms with Crippen LogP contribution in [0.2, 0.25) is 0 Å². The number of rotatable bonds is 22. The van der Waals surface area contributed by atoms with Crippen molar-refractivity contribution in [2.75, 3.05) is 37.7 Å². The van der Waals surface area contributed by atoms with Crippen LogP contribution < -0.4 is 10.5 Å². The molecule has 1 aromatic heterocycles. The maximum Gasteiger partial charge on any atom is 0.345 e. The monoisotopic (exact) mass is 653 g/mol. The summed E-state index contributed by atoms with van der Waals surface area (Å²) in [5, 5.41) is 19.3. The van der Waals surface area contributed by atoms with E-state index in [1.807, 2.05) is 18.7 Å². The topological polar surface area (TPSA) is 128 Å². The third kappa shape index (κ3) is 11.8. The number of unbranched alkanes of at least 4 members (excludes halogenated alkanes) is 2. The molecule has 10 nitrogen and oxygen atoms in total. The number of aromatic amines is 1. The Kier molecular flexibility index (Phi) is 17.8.